The van der Waals surface area contributed by atoms with Crippen LogP contribution < -0.4 is 9.64 Å². The maximum absolute atomic E-state index is 13.1. The van der Waals surface area contributed by atoms with Crippen LogP contribution in [0.5, 0.6) is 11.5 Å². The smallest absolute Gasteiger partial charge is 0.300 e. The number of phenols is 1. The molecule has 0 bridgehead atoms. The number of carbonyl (C=O) groups is 2. The van der Waals surface area contributed by atoms with Crippen molar-refractivity contribution in [3.05, 3.63) is 89.8 Å². The average Bonchev–Trinajstić information content (AvgIpc) is 3.08. The van der Waals surface area contributed by atoms with E-state index in [4.69, 9.17) is 4.74 Å². The van der Waals surface area contributed by atoms with E-state index in [-0.39, 0.29) is 22.8 Å². The number of nitrogens with zero attached hydrogens (tertiary/aromatic N) is 2. The van der Waals surface area contributed by atoms with Gasteiger partial charge in [-0.05, 0) is 42.3 Å². The number of aromatic hydroxyl groups is 1. The van der Waals surface area contributed by atoms with Gasteiger partial charge in [0, 0.05) is 11.8 Å². The molecule has 1 aliphatic heterocycles. The number of ether oxygens (including phenoxy) is 1. The number of amides is 1. The van der Waals surface area contributed by atoms with Crippen LogP contribution in [-0.4, -0.2) is 33.5 Å². The van der Waals surface area contributed by atoms with Crippen LogP contribution in [0.4, 0.5) is 5.69 Å². The van der Waals surface area contributed by atoms with Crippen molar-refractivity contribution in [3.8, 4) is 11.5 Å². The molecule has 1 saturated heterocycles. The van der Waals surface area contributed by atoms with Crippen LogP contribution >= 0.6 is 0 Å². The highest BCUT2D eigenvalue weighted by Gasteiger charge is 2.48. The van der Waals surface area contributed by atoms with Gasteiger partial charge in [-0.2, -0.15) is 0 Å². The zero-order valence-electron chi connectivity index (χ0n) is 18.3. The molecule has 1 atom stereocenters. The lowest BCUT2D eigenvalue weighted by Crippen LogP contribution is -2.29. The van der Waals surface area contributed by atoms with E-state index in [9.17, 15) is 19.8 Å². The summed E-state index contributed by atoms with van der Waals surface area (Å²) >= 11 is 0. The molecular formula is C26H24N2O5. The highest BCUT2D eigenvalue weighted by Crippen LogP contribution is 2.44. The summed E-state index contributed by atoms with van der Waals surface area (Å²) in [6.45, 7) is 4.55. The standard InChI is InChI=1S/C26H24N2O5/c1-16(2)15-33-18-9-7-8-17(14-18)24(30)22-23(19-10-5-6-13-27-19)28(26(32)25(22)31)20-11-3-4-12-21(20)29/h3-14,16,23,29-30H,15H2,1-2H3/b24-22-. The number of benzene rings is 2. The fraction of sp³-hybridized carbons (Fsp3) is 0.192. The Kier molecular flexibility index (Phi) is 6.13. The van der Waals surface area contributed by atoms with Crippen molar-refractivity contribution < 1.29 is 24.5 Å². The quantitative estimate of drug-likeness (QED) is 0.331. The Morgan fingerprint density at radius 2 is 1.82 bits per heavy atom. The number of anilines is 1. The van der Waals surface area contributed by atoms with E-state index in [1.54, 1.807) is 60.8 Å². The lowest BCUT2D eigenvalue weighted by atomic mass is 9.98. The van der Waals surface area contributed by atoms with Gasteiger partial charge < -0.3 is 14.9 Å². The van der Waals surface area contributed by atoms with Crippen LogP contribution in [0.25, 0.3) is 5.76 Å². The van der Waals surface area contributed by atoms with Crippen molar-refractivity contribution in [3.63, 3.8) is 0 Å². The number of hydrogen-bond acceptors (Lipinski definition) is 6. The molecule has 168 valence electrons. The summed E-state index contributed by atoms with van der Waals surface area (Å²) in [6.07, 6.45) is 1.54. The van der Waals surface area contributed by atoms with Gasteiger partial charge in [-0.25, -0.2) is 0 Å². The van der Waals surface area contributed by atoms with Crippen molar-refractivity contribution in [2.45, 2.75) is 19.9 Å². The SMILES string of the molecule is CC(C)COc1cccc(/C(O)=C2/C(=O)C(=O)N(c3ccccc3O)C2c2ccccn2)c1. The van der Waals surface area contributed by atoms with Crippen LogP contribution in [-0.2, 0) is 9.59 Å². The first kappa shape index (κ1) is 22.1. The van der Waals surface area contributed by atoms with Crippen LogP contribution in [0.2, 0.25) is 0 Å². The Morgan fingerprint density at radius 1 is 1.06 bits per heavy atom. The summed E-state index contributed by atoms with van der Waals surface area (Å²) in [4.78, 5) is 31.8. The lowest BCUT2D eigenvalue weighted by molar-refractivity contribution is -0.132. The topological polar surface area (TPSA) is 100.0 Å². The molecule has 1 fully saturated rings. The Bertz CT molecular complexity index is 1220. The van der Waals surface area contributed by atoms with Gasteiger partial charge in [-0.15, -0.1) is 0 Å². The van der Waals surface area contributed by atoms with Crippen molar-refractivity contribution in [2.75, 3.05) is 11.5 Å². The lowest BCUT2D eigenvalue weighted by Gasteiger charge is -2.25. The summed E-state index contributed by atoms with van der Waals surface area (Å²) < 4.78 is 5.75. The van der Waals surface area contributed by atoms with E-state index >= 15 is 0 Å². The molecule has 1 unspecified atom stereocenters. The molecule has 7 heteroatoms. The van der Waals surface area contributed by atoms with Crippen molar-refractivity contribution in [1.29, 1.82) is 0 Å². The largest absolute Gasteiger partial charge is 0.507 e. The van der Waals surface area contributed by atoms with Crippen LogP contribution in [0.3, 0.4) is 0 Å². The summed E-state index contributed by atoms with van der Waals surface area (Å²) in [7, 11) is 0. The first-order chi connectivity index (χ1) is 15.9. The number of rotatable bonds is 6. The molecule has 1 aromatic heterocycles. The van der Waals surface area contributed by atoms with Gasteiger partial charge in [0.1, 0.15) is 23.3 Å². The number of aromatic nitrogens is 1. The van der Waals surface area contributed by atoms with E-state index in [0.717, 1.165) is 0 Å². The Hall–Kier alpha value is -4.13. The molecule has 33 heavy (non-hydrogen) atoms. The molecule has 2 aromatic carbocycles. The molecule has 4 rings (SSSR count). The normalized spacial score (nSPS) is 17.5. The van der Waals surface area contributed by atoms with Gasteiger partial charge in [0.15, 0.2) is 0 Å². The van der Waals surface area contributed by atoms with E-state index in [2.05, 4.69) is 4.98 Å². The Balaban J connectivity index is 1.86. The molecule has 2 heterocycles. The minimum Gasteiger partial charge on any atom is -0.507 e. The minimum absolute atomic E-state index is 0.108. The third kappa shape index (κ3) is 4.30. The van der Waals surface area contributed by atoms with Gasteiger partial charge in [0.25, 0.3) is 11.7 Å². The predicted octanol–water partition coefficient (Wildman–Crippen LogP) is 4.45. The number of pyridine rings is 1. The van der Waals surface area contributed by atoms with Gasteiger partial charge in [-0.1, -0.05) is 44.2 Å². The summed E-state index contributed by atoms with van der Waals surface area (Å²) in [6, 6.07) is 17.1. The van der Waals surface area contributed by atoms with Crippen LogP contribution in [0.1, 0.15) is 31.1 Å². The zero-order valence-corrected chi connectivity index (χ0v) is 18.3. The third-order valence-electron chi connectivity index (χ3n) is 5.24. The Labute approximate surface area is 191 Å². The molecular weight excluding hydrogens is 420 g/mol. The maximum Gasteiger partial charge on any atom is 0.300 e. The summed E-state index contributed by atoms with van der Waals surface area (Å²) in [5, 5.41) is 21.6. The molecule has 0 radical (unpaired) electrons. The number of Topliss-reactive ketones (excluding diaryl/α,β-unsaturated/α-hetero) is 1. The molecule has 0 aliphatic carbocycles. The highest BCUT2D eigenvalue weighted by molar-refractivity contribution is 6.51. The van der Waals surface area contributed by atoms with Crippen molar-refractivity contribution in [2.24, 2.45) is 5.92 Å². The number of hydrogen-bond donors (Lipinski definition) is 2. The monoisotopic (exact) mass is 444 g/mol. The number of phenolic OH excluding ortho intramolecular Hbond substituents is 1. The number of ketones is 1. The molecule has 0 saturated carbocycles. The number of para-hydroxylation sites is 2. The van der Waals surface area contributed by atoms with Crippen molar-refractivity contribution >= 4 is 23.1 Å². The number of aliphatic hydroxyl groups is 1. The van der Waals surface area contributed by atoms with Gasteiger partial charge >= 0.3 is 0 Å². The second kappa shape index (κ2) is 9.16. The number of aliphatic hydroxyl groups excluding tert-OH is 1. The fourth-order valence-corrected chi connectivity index (χ4v) is 3.72. The first-order valence-corrected chi connectivity index (χ1v) is 10.6. The van der Waals surface area contributed by atoms with Crippen LogP contribution in [0, 0.1) is 5.92 Å². The van der Waals surface area contributed by atoms with E-state index in [1.807, 2.05) is 13.8 Å². The van der Waals surface area contributed by atoms with Gasteiger partial charge in [0.05, 0.1) is 23.6 Å². The molecule has 1 aliphatic rings. The average molecular weight is 444 g/mol. The first-order valence-electron chi connectivity index (χ1n) is 10.6. The van der Waals surface area contributed by atoms with E-state index < -0.39 is 17.7 Å². The second-order valence-electron chi connectivity index (χ2n) is 8.15. The fourth-order valence-electron chi connectivity index (χ4n) is 3.72. The maximum atomic E-state index is 13.1. The summed E-state index contributed by atoms with van der Waals surface area (Å²) in [5.41, 5.74) is 0.771. The van der Waals surface area contributed by atoms with Gasteiger partial charge in [-0.3, -0.25) is 19.5 Å². The molecule has 0 spiro atoms. The van der Waals surface area contributed by atoms with E-state index in [1.165, 1.54) is 17.0 Å². The summed E-state index contributed by atoms with van der Waals surface area (Å²) in [5.74, 6) is -1.37. The molecule has 2 N–H and O–H groups in total. The van der Waals surface area contributed by atoms with Gasteiger partial charge in [0.2, 0.25) is 0 Å². The zero-order chi connectivity index (χ0) is 23.5. The molecule has 3 aromatic rings. The van der Waals surface area contributed by atoms with E-state index in [0.29, 0.717) is 29.5 Å². The Morgan fingerprint density at radius 3 is 2.52 bits per heavy atom. The second-order valence-corrected chi connectivity index (χ2v) is 8.15. The molecule has 7 nitrogen and oxygen atoms in total. The predicted molar refractivity (Wildman–Crippen MR) is 124 cm³/mol. The third-order valence-corrected chi connectivity index (χ3v) is 5.24. The van der Waals surface area contributed by atoms with Crippen molar-refractivity contribution in [1.82, 2.24) is 4.98 Å². The minimum atomic E-state index is -1.01. The van der Waals surface area contributed by atoms with Crippen LogP contribution in [0.15, 0.2) is 78.5 Å². The highest BCUT2D eigenvalue weighted by atomic mass is 16.5. The number of carbonyl (C=O) groups excluding carboxylic acids is 2. The molecule has 1 amide bonds.